The molecule has 0 amide bonds. The van der Waals surface area contributed by atoms with Crippen LogP contribution < -0.4 is 0 Å². The predicted molar refractivity (Wildman–Crippen MR) is 82.7 cm³/mol. The third kappa shape index (κ3) is 7.17. The maximum atomic E-state index is 12.6. The van der Waals surface area contributed by atoms with Crippen LogP contribution in [0.15, 0.2) is 30.3 Å². The second-order valence-electron chi connectivity index (χ2n) is 4.88. The Morgan fingerprint density at radius 3 is 2.05 bits per heavy atom. The monoisotopic (exact) mass is 302 g/mol. The van der Waals surface area contributed by atoms with Gasteiger partial charge in [-0.05, 0) is 33.3 Å². The Labute approximate surface area is 120 Å². The van der Waals surface area contributed by atoms with Crippen LogP contribution in [0.25, 0.3) is 0 Å². The molecule has 108 valence electrons. The zero-order chi connectivity index (χ0) is 14.3. The average Bonchev–Trinajstić information content (AvgIpc) is 2.27. The van der Waals surface area contributed by atoms with Crippen LogP contribution in [0.4, 0.5) is 0 Å². The van der Waals surface area contributed by atoms with E-state index in [9.17, 15) is 4.57 Å². The first-order valence-corrected chi connectivity index (χ1v) is 9.37. The predicted octanol–water partition coefficient (Wildman–Crippen LogP) is 4.92. The zero-order valence-corrected chi connectivity index (χ0v) is 13.7. The molecule has 1 rings (SSSR count). The van der Waals surface area contributed by atoms with Gasteiger partial charge in [0, 0.05) is 5.75 Å². The minimum atomic E-state index is -3.01. The van der Waals surface area contributed by atoms with Crippen LogP contribution in [0.3, 0.4) is 0 Å². The van der Waals surface area contributed by atoms with E-state index in [0.29, 0.717) is 5.49 Å². The molecule has 0 aliphatic heterocycles. The summed E-state index contributed by atoms with van der Waals surface area (Å²) in [6.07, 6.45) is -0.191. The summed E-state index contributed by atoms with van der Waals surface area (Å²) in [5, 5.41) is 0. The molecular weight excluding hydrogens is 279 g/mol. The second-order valence-corrected chi connectivity index (χ2v) is 8.26. The van der Waals surface area contributed by atoms with Crippen LogP contribution in [-0.2, 0) is 19.4 Å². The summed E-state index contributed by atoms with van der Waals surface area (Å²) >= 11 is 1.58. The lowest BCUT2D eigenvalue weighted by molar-refractivity contribution is 0.145. The largest absolute Gasteiger partial charge is 0.340 e. The molecule has 1 aromatic rings. The van der Waals surface area contributed by atoms with Crippen molar-refractivity contribution >= 4 is 19.4 Å². The van der Waals surface area contributed by atoms with Crippen molar-refractivity contribution in [1.29, 1.82) is 0 Å². The van der Waals surface area contributed by atoms with Gasteiger partial charge < -0.3 is 9.05 Å². The quantitative estimate of drug-likeness (QED) is 0.638. The zero-order valence-electron chi connectivity index (χ0n) is 12.0. The molecule has 0 saturated carbocycles. The van der Waals surface area contributed by atoms with E-state index in [0.717, 1.165) is 5.75 Å². The van der Waals surface area contributed by atoms with Gasteiger partial charge in [-0.15, -0.1) is 11.8 Å². The van der Waals surface area contributed by atoms with Gasteiger partial charge in [-0.25, -0.2) is 0 Å². The van der Waals surface area contributed by atoms with Gasteiger partial charge in [0.2, 0.25) is 0 Å². The molecule has 0 atom stereocenters. The van der Waals surface area contributed by atoms with Gasteiger partial charge in [-0.1, -0.05) is 30.3 Å². The van der Waals surface area contributed by atoms with Gasteiger partial charge in [-0.3, -0.25) is 4.57 Å². The highest BCUT2D eigenvalue weighted by Gasteiger charge is 2.27. The fourth-order valence-electron chi connectivity index (χ4n) is 1.58. The van der Waals surface area contributed by atoms with Crippen molar-refractivity contribution in [3.8, 4) is 0 Å². The summed E-state index contributed by atoms with van der Waals surface area (Å²) in [5.41, 5.74) is 1.60. The van der Waals surface area contributed by atoms with E-state index in [1.807, 2.05) is 45.9 Å². The molecule has 0 aliphatic carbocycles. The van der Waals surface area contributed by atoms with Crippen molar-refractivity contribution in [2.24, 2.45) is 0 Å². The highest BCUT2D eigenvalue weighted by molar-refractivity contribution is 8.03. The minimum absolute atomic E-state index is 0.0955. The van der Waals surface area contributed by atoms with Crippen LogP contribution in [0.2, 0.25) is 0 Å². The standard InChI is InChI=1S/C14H23O3PS/c1-12(2)16-18(15,17-13(3)4)11-19-10-14-8-6-5-7-9-14/h5-9,12-13H,10-11H2,1-4H3. The summed E-state index contributed by atoms with van der Waals surface area (Å²) in [5.74, 6) is 0.813. The van der Waals surface area contributed by atoms with Gasteiger partial charge in [0.1, 0.15) is 0 Å². The van der Waals surface area contributed by atoms with Crippen LogP contribution in [-0.4, -0.2) is 17.7 Å². The maximum Gasteiger partial charge on any atom is 0.340 e. The van der Waals surface area contributed by atoms with Crippen molar-refractivity contribution in [3.05, 3.63) is 35.9 Å². The van der Waals surface area contributed by atoms with Crippen molar-refractivity contribution < 1.29 is 13.6 Å². The molecule has 3 nitrogen and oxygen atoms in total. The smallest absolute Gasteiger partial charge is 0.305 e. The maximum absolute atomic E-state index is 12.6. The Hall–Kier alpha value is -0.280. The third-order valence-electron chi connectivity index (χ3n) is 2.10. The van der Waals surface area contributed by atoms with E-state index >= 15 is 0 Å². The molecule has 1 aromatic carbocycles. The van der Waals surface area contributed by atoms with Crippen molar-refractivity contribution in [1.82, 2.24) is 0 Å². The van der Waals surface area contributed by atoms with Gasteiger partial charge >= 0.3 is 7.60 Å². The van der Waals surface area contributed by atoms with Crippen LogP contribution in [0.5, 0.6) is 0 Å². The summed E-state index contributed by atoms with van der Waals surface area (Å²) in [7, 11) is -3.01. The van der Waals surface area contributed by atoms with Crippen molar-refractivity contribution in [2.75, 3.05) is 5.49 Å². The Bertz CT molecular complexity index is 392. The molecule has 0 spiro atoms. The first kappa shape index (κ1) is 16.8. The number of hydrogen-bond acceptors (Lipinski definition) is 4. The molecule has 0 radical (unpaired) electrons. The number of thioether (sulfide) groups is 1. The Balaban J connectivity index is 2.51. The van der Waals surface area contributed by atoms with E-state index in [2.05, 4.69) is 12.1 Å². The topological polar surface area (TPSA) is 35.5 Å². The van der Waals surface area contributed by atoms with Gasteiger partial charge in [0.05, 0.1) is 17.7 Å². The van der Waals surface area contributed by atoms with Crippen LogP contribution in [0.1, 0.15) is 33.3 Å². The Morgan fingerprint density at radius 2 is 1.58 bits per heavy atom. The summed E-state index contributed by atoms with van der Waals surface area (Å²) < 4.78 is 23.6. The molecule has 0 aromatic heterocycles. The van der Waals surface area contributed by atoms with E-state index in [1.54, 1.807) is 11.8 Å². The lowest BCUT2D eigenvalue weighted by Crippen LogP contribution is -2.09. The second kappa shape index (κ2) is 8.11. The van der Waals surface area contributed by atoms with Crippen molar-refractivity contribution in [3.63, 3.8) is 0 Å². The molecule has 0 heterocycles. The first-order chi connectivity index (χ1) is 8.91. The first-order valence-electron chi connectivity index (χ1n) is 6.49. The fourth-order valence-corrected chi connectivity index (χ4v) is 5.09. The number of hydrogen-bond donors (Lipinski definition) is 0. The number of rotatable bonds is 8. The van der Waals surface area contributed by atoms with Gasteiger partial charge in [0.15, 0.2) is 0 Å². The Morgan fingerprint density at radius 1 is 1.05 bits per heavy atom. The van der Waals surface area contributed by atoms with E-state index in [1.165, 1.54) is 5.56 Å². The van der Waals surface area contributed by atoms with Gasteiger partial charge in [-0.2, -0.15) is 0 Å². The van der Waals surface area contributed by atoms with Crippen LogP contribution >= 0.6 is 19.4 Å². The van der Waals surface area contributed by atoms with E-state index in [-0.39, 0.29) is 12.2 Å². The molecule has 0 N–H and O–H groups in total. The summed E-state index contributed by atoms with van der Waals surface area (Å²) in [4.78, 5) is 0. The Kier molecular flexibility index (Phi) is 7.16. The molecule has 0 aliphatic rings. The number of benzene rings is 1. The molecule has 0 unspecified atom stereocenters. The summed E-state index contributed by atoms with van der Waals surface area (Å²) in [6, 6.07) is 10.1. The molecular formula is C14H23O3PS. The average molecular weight is 302 g/mol. The lowest BCUT2D eigenvalue weighted by atomic mass is 10.2. The SMILES string of the molecule is CC(C)OP(=O)(CSCc1ccccc1)OC(C)C. The molecule has 0 fully saturated rings. The molecule has 5 heteroatoms. The van der Waals surface area contributed by atoms with Gasteiger partial charge in [0.25, 0.3) is 0 Å². The van der Waals surface area contributed by atoms with Crippen molar-refractivity contribution in [2.45, 2.75) is 45.7 Å². The normalized spacial score (nSPS) is 12.3. The van der Waals surface area contributed by atoms with E-state index < -0.39 is 7.60 Å². The summed E-state index contributed by atoms with van der Waals surface area (Å²) in [6.45, 7) is 7.49. The fraction of sp³-hybridized carbons (Fsp3) is 0.571. The lowest BCUT2D eigenvalue weighted by Gasteiger charge is -2.22. The van der Waals surface area contributed by atoms with E-state index in [4.69, 9.17) is 9.05 Å². The molecule has 0 bridgehead atoms. The third-order valence-corrected chi connectivity index (χ3v) is 6.12. The molecule has 0 saturated heterocycles. The van der Waals surface area contributed by atoms with Crippen LogP contribution in [0, 0.1) is 0 Å². The minimum Gasteiger partial charge on any atom is -0.305 e. The highest BCUT2D eigenvalue weighted by Crippen LogP contribution is 2.53. The molecule has 19 heavy (non-hydrogen) atoms. The highest BCUT2D eigenvalue weighted by atomic mass is 32.2.